The fourth-order valence-corrected chi connectivity index (χ4v) is 5.49. The van der Waals surface area contributed by atoms with E-state index in [0.29, 0.717) is 12.0 Å². The van der Waals surface area contributed by atoms with Crippen LogP contribution in [0, 0.1) is 0 Å². The van der Waals surface area contributed by atoms with Gasteiger partial charge >= 0.3 is 0 Å². The minimum atomic E-state index is 0.221. The second kappa shape index (κ2) is 10.4. The van der Waals surface area contributed by atoms with Gasteiger partial charge in [0.25, 0.3) is 0 Å². The molecule has 0 unspecified atom stereocenters. The average molecular weight is 440 g/mol. The van der Waals surface area contributed by atoms with Crippen molar-refractivity contribution in [1.29, 1.82) is 0 Å². The van der Waals surface area contributed by atoms with E-state index in [1.807, 2.05) is 24.5 Å². The summed E-state index contributed by atoms with van der Waals surface area (Å²) >= 11 is 0. The molecule has 4 nitrogen and oxygen atoms in total. The maximum absolute atomic E-state index is 10.2. The normalized spacial score (nSPS) is 24.1. The van der Waals surface area contributed by atoms with Crippen LogP contribution in [0.2, 0.25) is 0 Å². The number of benzene rings is 2. The van der Waals surface area contributed by atoms with E-state index >= 15 is 0 Å². The van der Waals surface area contributed by atoms with Crippen molar-refractivity contribution in [2.75, 3.05) is 26.2 Å². The number of pyridine rings is 1. The van der Waals surface area contributed by atoms with Crippen molar-refractivity contribution < 1.29 is 5.11 Å². The molecule has 2 saturated heterocycles. The van der Waals surface area contributed by atoms with Crippen LogP contribution in [-0.2, 0) is 6.54 Å². The van der Waals surface area contributed by atoms with Gasteiger partial charge in [-0.2, -0.15) is 0 Å². The van der Waals surface area contributed by atoms with Crippen LogP contribution in [0.3, 0.4) is 0 Å². The maximum Gasteiger partial charge on any atom is 0.0593 e. The zero-order valence-electron chi connectivity index (χ0n) is 19.1. The van der Waals surface area contributed by atoms with Crippen molar-refractivity contribution in [3.05, 3.63) is 101 Å². The van der Waals surface area contributed by atoms with Crippen molar-refractivity contribution in [3.63, 3.8) is 0 Å². The number of nitrogens with zero attached hydrogens (tertiary/aromatic N) is 3. The molecule has 0 saturated carbocycles. The molecule has 33 heavy (non-hydrogen) atoms. The molecule has 5 rings (SSSR count). The largest absolute Gasteiger partial charge is 0.395 e. The first-order chi connectivity index (χ1) is 16.3. The molecular formula is C29H33N3O. The predicted octanol–water partition coefficient (Wildman–Crippen LogP) is 4.68. The molecule has 2 aromatic carbocycles. The van der Waals surface area contributed by atoms with Crippen LogP contribution >= 0.6 is 0 Å². The fraction of sp³-hybridized carbons (Fsp3) is 0.345. The summed E-state index contributed by atoms with van der Waals surface area (Å²) in [7, 11) is 0. The lowest BCUT2D eigenvalue weighted by Gasteiger charge is -2.57. The van der Waals surface area contributed by atoms with Gasteiger partial charge in [-0.3, -0.25) is 14.8 Å². The third kappa shape index (κ3) is 5.09. The fourth-order valence-electron chi connectivity index (χ4n) is 5.49. The van der Waals surface area contributed by atoms with Gasteiger partial charge in [-0.15, -0.1) is 0 Å². The molecule has 2 fully saturated rings. The number of hydrogen-bond donors (Lipinski definition) is 1. The Hall–Kier alpha value is -2.79. The highest BCUT2D eigenvalue weighted by molar-refractivity contribution is 5.69. The number of fused-ring (bicyclic) bond motifs is 1. The predicted molar refractivity (Wildman–Crippen MR) is 135 cm³/mol. The number of aromatic nitrogens is 1. The summed E-state index contributed by atoms with van der Waals surface area (Å²) in [4.78, 5) is 9.41. The van der Waals surface area contributed by atoms with Crippen LogP contribution in [-0.4, -0.2) is 58.2 Å². The Kier molecular flexibility index (Phi) is 6.96. The monoisotopic (exact) mass is 439 g/mol. The van der Waals surface area contributed by atoms with Gasteiger partial charge in [-0.1, -0.05) is 72.8 Å². The summed E-state index contributed by atoms with van der Waals surface area (Å²) in [6, 6.07) is 24.2. The van der Waals surface area contributed by atoms with Gasteiger partial charge in [-0.05, 0) is 54.3 Å². The van der Waals surface area contributed by atoms with Crippen LogP contribution in [0.15, 0.2) is 79.1 Å². The van der Waals surface area contributed by atoms with Crippen molar-refractivity contribution in [1.82, 2.24) is 14.8 Å². The number of aliphatic hydroxyl groups is 1. The lowest BCUT2D eigenvalue weighted by Crippen LogP contribution is -2.67. The van der Waals surface area contributed by atoms with Crippen molar-refractivity contribution in [3.8, 4) is 0 Å². The molecule has 0 radical (unpaired) electrons. The topological polar surface area (TPSA) is 39.6 Å². The molecule has 1 N–H and O–H groups in total. The number of hydrogen-bond acceptors (Lipinski definition) is 4. The zero-order valence-corrected chi connectivity index (χ0v) is 19.1. The van der Waals surface area contributed by atoms with E-state index in [2.05, 4.69) is 81.5 Å². The first-order valence-corrected chi connectivity index (χ1v) is 12.1. The molecule has 0 aliphatic carbocycles. The van der Waals surface area contributed by atoms with E-state index in [9.17, 15) is 5.11 Å². The lowest BCUT2D eigenvalue weighted by molar-refractivity contribution is -0.0655. The molecule has 1 aromatic heterocycles. The van der Waals surface area contributed by atoms with Crippen molar-refractivity contribution in [2.24, 2.45) is 0 Å². The summed E-state index contributed by atoms with van der Waals surface area (Å²) in [5, 5.41) is 10.2. The number of rotatable bonds is 6. The summed E-state index contributed by atoms with van der Waals surface area (Å²) < 4.78 is 0. The highest BCUT2D eigenvalue weighted by atomic mass is 16.3. The van der Waals surface area contributed by atoms with Gasteiger partial charge in [0.15, 0.2) is 0 Å². The van der Waals surface area contributed by atoms with Gasteiger partial charge in [-0.25, -0.2) is 0 Å². The van der Waals surface area contributed by atoms with Gasteiger partial charge in [0.2, 0.25) is 0 Å². The van der Waals surface area contributed by atoms with E-state index in [-0.39, 0.29) is 12.6 Å². The van der Waals surface area contributed by atoms with Crippen molar-refractivity contribution in [2.45, 2.75) is 37.4 Å². The van der Waals surface area contributed by atoms with E-state index in [1.54, 1.807) is 0 Å². The SMILES string of the molecule is OC[C@H]1[C@H](c2ccc(/C=C/c3ccccc3)cc2)[C@@H]2CN(Cc3cccnc3)CCCCN12. The number of aliphatic hydroxyl groups excluding tert-OH is 1. The highest BCUT2D eigenvalue weighted by Gasteiger charge is 2.48. The molecule has 0 spiro atoms. The maximum atomic E-state index is 10.2. The third-order valence-electron chi connectivity index (χ3n) is 7.17. The van der Waals surface area contributed by atoms with Gasteiger partial charge in [0.05, 0.1) is 6.61 Å². The molecule has 3 atom stereocenters. The Morgan fingerprint density at radius 3 is 2.36 bits per heavy atom. The molecular weight excluding hydrogens is 406 g/mol. The Balaban J connectivity index is 1.31. The van der Waals surface area contributed by atoms with E-state index < -0.39 is 0 Å². The van der Waals surface area contributed by atoms with E-state index in [0.717, 1.165) is 26.2 Å². The minimum Gasteiger partial charge on any atom is -0.395 e. The van der Waals surface area contributed by atoms with Crippen LogP contribution < -0.4 is 0 Å². The molecule has 4 heteroatoms. The summed E-state index contributed by atoms with van der Waals surface area (Å²) in [6.07, 6.45) is 10.5. The van der Waals surface area contributed by atoms with Crippen molar-refractivity contribution >= 4 is 12.2 Å². The van der Waals surface area contributed by atoms with Gasteiger partial charge in [0.1, 0.15) is 0 Å². The molecule has 170 valence electrons. The second-order valence-corrected chi connectivity index (χ2v) is 9.30. The van der Waals surface area contributed by atoms with E-state index in [4.69, 9.17) is 0 Å². The molecule has 3 aromatic rings. The van der Waals surface area contributed by atoms with Crippen LogP contribution in [0.4, 0.5) is 0 Å². The smallest absolute Gasteiger partial charge is 0.0593 e. The van der Waals surface area contributed by atoms with Crippen LogP contribution in [0.1, 0.15) is 41.0 Å². The Labute approximate surface area is 197 Å². The molecule has 0 bridgehead atoms. The second-order valence-electron chi connectivity index (χ2n) is 9.30. The molecule has 0 amide bonds. The lowest BCUT2D eigenvalue weighted by atomic mass is 9.74. The molecule has 2 aliphatic heterocycles. The first-order valence-electron chi connectivity index (χ1n) is 12.1. The highest BCUT2D eigenvalue weighted by Crippen LogP contribution is 2.42. The third-order valence-corrected chi connectivity index (χ3v) is 7.17. The molecule has 3 heterocycles. The Bertz CT molecular complexity index is 1040. The first kappa shape index (κ1) is 22.0. The van der Waals surface area contributed by atoms with Crippen LogP contribution in [0.5, 0.6) is 0 Å². The zero-order chi connectivity index (χ0) is 22.5. The van der Waals surface area contributed by atoms with Gasteiger partial charge < -0.3 is 5.11 Å². The Morgan fingerprint density at radius 2 is 1.64 bits per heavy atom. The van der Waals surface area contributed by atoms with Gasteiger partial charge in [0, 0.05) is 43.5 Å². The summed E-state index contributed by atoms with van der Waals surface area (Å²) in [5.74, 6) is 0.372. The quantitative estimate of drug-likeness (QED) is 0.566. The van der Waals surface area contributed by atoms with E-state index in [1.165, 1.54) is 35.1 Å². The minimum absolute atomic E-state index is 0.221. The Morgan fingerprint density at radius 1 is 0.879 bits per heavy atom. The molecule has 2 aliphatic rings. The summed E-state index contributed by atoms with van der Waals surface area (Å²) in [6.45, 7) is 4.41. The average Bonchev–Trinajstić information content (AvgIpc) is 2.85. The summed E-state index contributed by atoms with van der Waals surface area (Å²) in [5.41, 5.74) is 5.03. The standard InChI is InChI=1S/C29H33N3O/c33-22-28-29(26-14-12-24(13-15-26)11-10-23-7-2-1-3-8-23)27-21-31(17-4-5-18-32(27)28)20-25-9-6-16-30-19-25/h1-3,6-16,19,27-29,33H,4-5,17-18,20-22H2/b11-10+/t27-,28-,29+/m0/s1. The van der Waals surface area contributed by atoms with Crippen LogP contribution in [0.25, 0.3) is 12.2 Å².